The monoisotopic (exact) mass is 231 g/mol. The van der Waals surface area contributed by atoms with E-state index in [-0.39, 0.29) is 0 Å². The predicted molar refractivity (Wildman–Crippen MR) is 66.9 cm³/mol. The van der Waals surface area contributed by atoms with E-state index >= 15 is 0 Å². The molecule has 1 aliphatic rings. The molecule has 1 saturated heterocycles. The van der Waals surface area contributed by atoms with Crippen molar-refractivity contribution in [1.82, 2.24) is 15.5 Å². The summed E-state index contributed by atoms with van der Waals surface area (Å²) in [6, 6.07) is 8.03. The van der Waals surface area contributed by atoms with Crippen LogP contribution in [0.25, 0.3) is 10.9 Å². The molecule has 1 aliphatic heterocycles. The van der Waals surface area contributed by atoms with Gasteiger partial charge in [-0.15, -0.1) is 0 Å². The first-order valence-corrected chi connectivity index (χ1v) is 6.12. The number of hydrogen-bond donors (Lipinski definition) is 3. The summed E-state index contributed by atoms with van der Waals surface area (Å²) in [6.07, 6.45) is 2.27. The third kappa shape index (κ3) is 2.06. The van der Waals surface area contributed by atoms with Gasteiger partial charge < -0.3 is 10.4 Å². The Bertz CT molecular complexity index is 514. The van der Waals surface area contributed by atoms with Gasteiger partial charge in [0.2, 0.25) is 0 Å². The fraction of sp³-hybridized carbons (Fsp3) is 0.462. The molecule has 1 fully saturated rings. The molecule has 2 heterocycles. The quantitative estimate of drug-likeness (QED) is 0.728. The summed E-state index contributed by atoms with van der Waals surface area (Å²) in [7, 11) is 0. The SMILES string of the molecule is OC1(Cc2[nH]nc3ccccc23)CCNCC1. The van der Waals surface area contributed by atoms with Gasteiger partial charge in [-0.25, -0.2) is 0 Å². The van der Waals surface area contributed by atoms with Gasteiger partial charge in [-0.3, -0.25) is 5.10 Å². The molecule has 0 spiro atoms. The summed E-state index contributed by atoms with van der Waals surface area (Å²) >= 11 is 0. The van der Waals surface area contributed by atoms with Gasteiger partial charge in [0.1, 0.15) is 0 Å². The van der Waals surface area contributed by atoms with E-state index in [9.17, 15) is 5.11 Å². The minimum atomic E-state index is -0.583. The van der Waals surface area contributed by atoms with Gasteiger partial charge in [-0.2, -0.15) is 5.10 Å². The number of hydrogen-bond acceptors (Lipinski definition) is 3. The molecule has 0 unspecified atom stereocenters. The Morgan fingerprint density at radius 1 is 1.24 bits per heavy atom. The van der Waals surface area contributed by atoms with Gasteiger partial charge in [0.25, 0.3) is 0 Å². The van der Waals surface area contributed by atoms with Crippen molar-refractivity contribution in [3.8, 4) is 0 Å². The standard InChI is InChI=1S/C13H17N3O/c17-13(5-7-14-8-6-13)9-12-10-3-1-2-4-11(10)15-16-12/h1-4,14,17H,5-9H2,(H,15,16). The molecule has 0 amide bonds. The molecule has 2 aromatic rings. The van der Waals surface area contributed by atoms with Crippen LogP contribution in [-0.4, -0.2) is 34.0 Å². The Kier molecular flexibility index (Phi) is 2.61. The molecule has 3 N–H and O–H groups in total. The van der Waals surface area contributed by atoms with Crippen LogP contribution in [0.2, 0.25) is 0 Å². The molecule has 0 atom stereocenters. The van der Waals surface area contributed by atoms with E-state index in [1.54, 1.807) is 0 Å². The fourth-order valence-corrected chi connectivity index (χ4v) is 2.55. The number of para-hydroxylation sites is 1. The van der Waals surface area contributed by atoms with E-state index in [2.05, 4.69) is 21.6 Å². The van der Waals surface area contributed by atoms with E-state index in [1.807, 2.05) is 18.2 Å². The summed E-state index contributed by atoms with van der Waals surface area (Å²) < 4.78 is 0. The Balaban J connectivity index is 1.89. The second-order valence-electron chi connectivity index (χ2n) is 4.87. The summed E-state index contributed by atoms with van der Waals surface area (Å²) in [5.74, 6) is 0. The average Bonchev–Trinajstić information content (AvgIpc) is 2.73. The number of benzene rings is 1. The van der Waals surface area contributed by atoms with Crippen LogP contribution in [-0.2, 0) is 6.42 Å². The molecule has 4 heteroatoms. The highest BCUT2D eigenvalue weighted by Crippen LogP contribution is 2.26. The smallest absolute Gasteiger partial charge is 0.0923 e. The number of aromatic amines is 1. The van der Waals surface area contributed by atoms with Crippen LogP contribution >= 0.6 is 0 Å². The number of rotatable bonds is 2. The molecule has 0 aliphatic carbocycles. The van der Waals surface area contributed by atoms with Crippen LogP contribution in [0.15, 0.2) is 24.3 Å². The predicted octanol–water partition coefficient (Wildman–Crippen LogP) is 1.22. The largest absolute Gasteiger partial charge is 0.389 e. The fourth-order valence-electron chi connectivity index (χ4n) is 2.55. The Morgan fingerprint density at radius 2 is 2.00 bits per heavy atom. The lowest BCUT2D eigenvalue weighted by atomic mass is 9.87. The number of nitrogens with one attached hydrogen (secondary N) is 2. The molecule has 4 nitrogen and oxygen atoms in total. The van der Waals surface area contributed by atoms with Crippen molar-refractivity contribution < 1.29 is 5.11 Å². The summed E-state index contributed by atoms with van der Waals surface area (Å²) in [6.45, 7) is 1.78. The van der Waals surface area contributed by atoms with Crippen LogP contribution in [0, 0.1) is 0 Å². The van der Waals surface area contributed by atoms with Gasteiger partial charge in [-0.1, -0.05) is 18.2 Å². The zero-order valence-corrected chi connectivity index (χ0v) is 9.74. The third-order valence-electron chi connectivity index (χ3n) is 3.58. The van der Waals surface area contributed by atoms with Crippen molar-refractivity contribution in [3.63, 3.8) is 0 Å². The normalized spacial score (nSPS) is 19.6. The Morgan fingerprint density at radius 3 is 2.82 bits per heavy atom. The highest BCUT2D eigenvalue weighted by molar-refractivity contribution is 5.81. The second kappa shape index (κ2) is 4.13. The first kappa shape index (κ1) is 10.7. The number of aliphatic hydroxyl groups is 1. The highest BCUT2D eigenvalue weighted by atomic mass is 16.3. The Labute approximate surface area is 100 Å². The zero-order valence-electron chi connectivity index (χ0n) is 9.74. The van der Waals surface area contributed by atoms with Crippen LogP contribution in [0.1, 0.15) is 18.5 Å². The zero-order chi connectivity index (χ0) is 11.7. The molecular formula is C13H17N3O. The maximum absolute atomic E-state index is 10.5. The van der Waals surface area contributed by atoms with Crippen LogP contribution < -0.4 is 5.32 Å². The van der Waals surface area contributed by atoms with Crippen LogP contribution in [0.5, 0.6) is 0 Å². The number of aromatic nitrogens is 2. The molecule has 1 aromatic heterocycles. The molecule has 0 saturated carbocycles. The molecule has 0 radical (unpaired) electrons. The van der Waals surface area contributed by atoms with Crippen LogP contribution in [0.4, 0.5) is 0 Å². The van der Waals surface area contributed by atoms with E-state index in [0.29, 0.717) is 6.42 Å². The van der Waals surface area contributed by atoms with Crippen molar-refractivity contribution >= 4 is 10.9 Å². The number of H-pyrrole nitrogens is 1. The van der Waals surface area contributed by atoms with Crippen molar-refractivity contribution in [3.05, 3.63) is 30.0 Å². The minimum absolute atomic E-state index is 0.583. The van der Waals surface area contributed by atoms with Gasteiger partial charge in [-0.05, 0) is 32.0 Å². The molecule has 1 aromatic carbocycles. The average molecular weight is 231 g/mol. The highest BCUT2D eigenvalue weighted by Gasteiger charge is 2.30. The topological polar surface area (TPSA) is 60.9 Å². The maximum atomic E-state index is 10.5. The van der Waals surface area contributed by atoms with Crippen molar-refractivity contribution in [2.45, 2.75) is 24.9 Å². The number of fused-ring (bicyclic) bond motifs is 1. The van der Waals surface area contributed by atoms with E-state index in [0.717, 1.165) is 42.5 Å². The van der Waals surface area contributed by atoms with E-state index in [4.69, 9.17) is 0 Å². The van der Waals surface area contributed by atoms with Crippen LogP contribution in [0.3, 0.4) is 0 Å². The minimum Gasteiger partial charge on any atom is -0.389 e. The molecule has 3 rings (SSSR count). The van der Waals surface area contributed by atoms with Crippen molar-refractivity contribution in [2.75, 3.05) is 13.1 Å². The lowest BCUT2D eigenvalue weighted by Crippen LogP contribution is -2.43. The summed E-state index contributed by atoms with van der Waals surface area (Å²) in [5.41, 5.74) is 1.44. The van der Waals surface area contributed by atoms with Crippen molar-refractivity contribution in [2.24, 2.45) is 0 Å². The third-order valence-corrected chi connectivity index (χ3v) is 3.58. The van der Waals surface area contributed by atoms with E-state index < -0.39 is 5.60 Å². The maximum Gasteiger partial charge on any atom is 0.0923 e. The van der Waals surface area contributed by atoms with Crippen molar-refractivity contribution in [1.29, 1.82) is 0 Å². The molecule has 0 bridgehead atoms. The molecule has 17 heavy (non-hydrogen) atoms. The lowest BCUT2D eigenvalue weighted by Gasteiger charge is -2.32. The van der Waals surface area contributed by atoms with E-state index in [1.165, 1.54) is 0 Å². The number of piperidine rings is 1. The van der Waals surface area contributed by atoms with Gasteiger partial charge in [0, 0.05) is 17.5 Å². The molecular weight excluding hydrogens is 214 g/mol. The first-order valence-electron chi connectivity index (χ1n) is 6.12. The molecule has 90 valence electrons. The Hall–Kier alpha value is -1.39. The van der Waals surface area contributed by atoms with Gasteiger partial charge >= 0.3 is 0 Å². The summed E-state index contributed by atoms with van der Waals surface area (Å²) in [5, 5.41) is 22.2. The van der Waals surface area contributed by atoms with Gasteiger partial charge in [0.15, 0.2) is 0 Å². The number of nitrogens with zero attached hydrogens (tertiary/aromatic N) is 1. The van der Waals surface area contributed by atoms with Gasteiger partial charge in [0.05, 0.1) is 11.1 Å². The second-order valence-corrected chi connectivity index (χ2v) is 4.87. The summed E-state index contributed by atoms with van der Waals surface area (Å²) in [4.78, 5) is 0. The lowest BCUT2D eigenvalue weighted by molar-refractivity contribution is 0.0103. The first-order chi connectivity index (χ1) is 8.27.